The number of amides is 2. The molecule has 2 rings (SSSR count). The second-order valence-corrected chi connectivity index (χ2v) is 6.09. The minimum absolute atomic E-state index is 0.0163. The first-order valence-corrected chi connectivity index (χ1v) is 8.04. The number of piperazine rings is 1. The molecule has 1 N–H and O–H groups in total. The van der Waals surface area contributed by atoms with E-state index >= 15 is 0 Å². The number of rotatable bonds is 3. The van der Waals surface area contributed by atoms with E-state index in [-0.39, 0.29) is 11.5 Å². The Morgan fingerprint density at radius 2 is 1.88 bits per heavy atom. The molecule has 1 aliphatic rings. The molecule has 1 fully saturated rings. The Labute approximate surface area is 150 Å². The van der Waals surface area contributed by atoms with Crippen LogP contribution in [0.2, 0.25) is 10.0 Å². The van der Waals surface area contributed by atoms with Crippen molar-refractivity contribution in [3.8, 4) is 6.07 Å². The molecule has 0 bridgehead atoms. The maximum Gasteiger partial charge on any atom is 0.267 e. The molecule has 0 aliphatic carbocycles. The first-order valence-electron chi connectivity index (χ1n) is 7.28. The molecule has 24 heavy (non-hydrogen) atoms. The molecule has 1 saturated heterocycles. The lowest BCUT2D eigenvalue weighted by Gasteiger charge is -2.33. The lowest BCUT2D eigenvalue weighted by molar-refractivity contribution is -0.130. The highest BCUT2D eigenvalue weighted by Crippen LogP contribution is 2.25. The summed E-state index contributed by atoms with van der Waals surface area (Å²) in [5.74, 6) is -0.499. The van der Waals surface area contributed by atoms with Crippen molar-refractivity contribution in [2.24, 2.45) is 0 Å². The number of hydrogen-bond donors (Lipinski definition) is 1. The van der Waals surface area contributed by atoms with Gasteiger partial charge < -0.3 is 15.1 Å². The largest absolute Gasteiger partial charge is 0.373 e. The Morgan fingerprint density at radius 1 is 1.21 bits per heavy atom. The summed E-state index contributed by atoms with van der Waals surface area (Å²) in [5, 5.41) is 12.5. The smallest absolute Gasteiger partial charge is 0.267 e. The molecule has 8 heteroatoms. The van der Waals surface area contributed by atoms with E-state index in [4.69, 9.17) is 23.2 Å². The molecule has 0 atom stereocenters. The Kier molecular flexibility index (Phi) is 6.07. The number of nitrogens with one attached hydrogen (secondary N) is 1. The van der Waals surface area contributed by atoms with Crippen LogP contribution in [0.25, 0.3) is 0 Å². The summed E-state index contributed by atoms with van der Waals surface area (Å²) >= 11 is 11.7. The molecule has 1 aromatic carbocycles. The van der Waals surface area contributed by atoms with Crippen molar-refractivity contribution < 1.29 is 9.59 Å². The molecule has 0 radical (unpaired) electrons. The van der Waals surface area contributed by atoms with E-state index in [0.29, 0.717) is 41.9 Å². The van der Waals surface area contributed by atoms with E-state index in [9.17, 15) is 14.9 Å². The van der Waals surface area contributed by atoms with E-state index in [1.165, 1.54) is 19.2 Å². The Hall–Kier alpha value is -2.23. The first-order chi connectivity index (χ1) is 11.4. The Morgan fingerprint density at radius 3 is 2.42 bits per heavy atom. The molecule has 1 heterocycles. The van der Waals surface area contributed by atoms with Crippen LogP contribution in [0.5, 0.6) is 0 Å². The first kappa shape index (κ1) is 18.1. The molecule has 1 aromatic rings. The third-order valence-corrected chi connectivity index (χ3v) is 4.35. The second-order valence-electron chi connectivity index (χ2n) is 5.28. The number of nitrogens with zero attached hydrogens (tertiary/aromatic N) is 3. The monoisotopic (exact) mass is 366 g/mol. The fourth-order valence-electron chi connectivity index (χ4n) is 2.26. The van der Waals surface area contributed by atoms with Gasteiger partial charge in [-0.3, -0.25) is 9.59 Å². The third-order valence-electron chi connectivity index (χ3n) is 3.61. The van der Waals surface area contributed by atoms with Gasteiger partial charge in [-0.15, -0.1) is 0 Å². The standard InChI is InChI=1S/C16H16Cl2N4O2/c1-11(23)22-6-4-21(5-7-22)10-12(9-19)16(24)20-13-2-3-14(17)15(18)8-13/h2-3,8,10H,4-7H2,1H3,(H,20,24)/b12-10-. The predicted octanol–water partition coefficient (Wildman–Crippen LogP) is 2.50. The molecule has 0 unspecified atom stereocenters. The highest BCUT2D eigenvalue weighted by Gasteiger charge is 2.18. The van der Waals surface area contributed by atoms with Crippen molar-refractivity contribution in [3.63, 3.8) is 0 Å². The zero-order valence-corrected chi connectivity index (χ0v) is 14.6. The van der Waals surface area contributed by atoms with Crippen LogP contribution in [-0.4, -0.2) is 47.8 Å². The SMILES string of the molecule is CC(=O)N1CCN(/C=C(/C#N)C(=O)Nc2ccc(Cl)c(Cl)c2)CC1. The van der Waals surface area contributed by atoms with Gasteiger partial charge in [0, 0.05) is 45.0 Å². The van der Waals surface area contributed by atoms with Gasteiger partial charge in [-0.25, -0.2) is 0 Å². The zero-order chi connectivity index (χ0) is 17.7. The number of nitriles is 1. The van der Waals surface area contributed by atoms with E-state index in [0.717, 1.165) is 0 Å². The van der Waals surface area contributed by atoms with Crippen molar-refractivity contribution >= 4 is 40.7 Å². The minimum Gasteiger partial charge on any atom is -0.373 e. The summed E-state index contributed by atoms with van der Waals surface area (Å²) in [7, 11) is 0. The molecule has 0 spiro atoms. The lowest BCUT2D eigenvalue weighted by atomic mass is 10.2. The van der Waals surface area contributed by atoms with E-state index in [2.05, 4.69) is 5.32 Å². The maximum atomic E-state index is 12.2. The summed E-state index contributed by atoms with van der Waals surface area (Å²) < 4.78 is 0. The van der Waals surface area contributed by atoms with Gasteiger partial charge in [0.25, 0.3) is 5.91 Å². The topological polar surface area (TPSA) is 76.4 Å². The minimum atomic E-state index is -0.523. The van der Waals surface area contributed by atoms with Crippen LogP contribution >= 0.6 is 23.2 Å². The fraction of sp³-hybridized carbons (Fsp3) is 0.312. The van der Waals surface area contributed by atoms with Crippen molar-refractivity contribution in [3.05, 3.63) is 40.0 Å². The molecular weight excluding hydrogens is 351 g/mol. The van der Waals surface area contributed by atoms with Crippen LogP contribution in [0.4, 0.5) is 5.69 Å². The Bertz CT molecular complexity index is 719. The number of hydrogen-bond acceptors (Lipinski definition) is 4. The number of benzene rings is 1. The summed E-state index contributed by atoms with van der Waals surface area (Å²) in [5.41, 5.74) is 0.439. The van der Waals surface area contributed by atoms with Crippen LogP contribution in [0.15, 0.2) is 30.0 Å². The predicted molar refractivity (Wildman–Crippen MR) is 92.6 cm³/mol. The second kappa shape index (κ2) is 8.04. The summed E-state index contributed by atoms with van der Waals surface area (Å²) in [6.07, 6.45) is 1.52. The normalized spacial score (nSPS) is 15.0. The number of halogens is 2. The molecule has 6 nitrogen and oxygen atoms in total. The average molecular weight is 367 g/mol. The van der Waals surface area contributed by atoms with Crippen LogP contribution in [-0.2, 0) is 9.59 Å². The molecule has 0 aromatic heterocycles. The molecule has 0 saturated carbocycles. The van der Waals surface area contributed by atoms with Crippen molar-refractivity contribution in [1.82, 2.24) is 9.80 Å². The van der Waals surface area contributed by atoms with E-state index in [1.807, 2.05) is 11.0 Å². The fourth-order valence-corrected chi connectivity index (χ4v) is 2.56. The van der Waals surface area contributed by atoms with Crippen molar-refractivity contribution in [2.45, 2.75) is 6.92 Å². The number of anilines is 1. The lowest BCUT2D eigenvalue weighted by Crippen LogP contribution is -2.46. The molecule has 1 aliphatic heterocycles. The molecular formula is C16H16Cl2N4O2. The van der Waals surface area contributed by atoms with Crippen molar-refractivity contribution in [2.75, 3.05) is 31.5 Å². The van der Waals surface area contributed by atoms with Gasteiger partial charge in [0.1, 0.15) is 11.6 Å². The Balaban J connectivity index is 2.02. The third kappa shape index (κ3) is 4.63. The maximum absolute atomic E-state index is 12.2. The number of carbonyl (C=O) groups excluding carboxylic acids is 2. The van der Waals surface area contributed by atoms with Crippen LogP contribution in [0.1, 0.15) is 6.92 Å². The quantitative estimate of drug-likeness (QED) is 0.658. The van der Waals surface area contributed by atoms with E-state index < -0.39 is 5.91 Å². The van der Waals surface area contributed by atoms with Gasteiger partial charge in [-0.1, -0.05) is 23.2 Å². The number of carbonyl (C=O) groups is 2. The molecule has 126 valence electrons. The summed E-state index contributed by atoms with van der Waals surface area (Å²) in [6.45, 7) is 3.81. The summed E-state index contributed by atoms with van der Waals surface area (Å²) in [4.78, 5) is 27.1. The van der Waals surface area contributed by atoms with Gasteiger partial charge in [-0.2, -0.15) is 5.26 Å². The highest BCUT2D eigenvalue weighted by molar-refractivity contribution is 6.42. The summed E-state index contributed by atoms with van der Waals surface area (Å²) in [6, 6.07) is 6.58. The van der Waals surface area contributed by atoms with E-state index in [1.54, 1.807) is 17.0 Å². The highest BCUT2D eigenvalue weighted by atomic mass is 35.5. The van der Waals surface area contributed by atoms with Gasteiger partial charge in [-0.05, 0) is 18.2 Å². The van der Waals surface area contributed by atoms with Gasteiger partial charge >= 0.3 is 0 Å². The van der Waals surface area contributed by atoms with Crippen LogP contribution in [0, 0.1) is 11.3 Å². The van der Waals surface area contributed by atoms with Crippen molar-refractivity contribution in [1.29, 1.82) is 5.26 Å². The van der Waals surface area contributed by atoms with Crippen LogP contribution < -0.4 is 5.32 Å². The average Bonchev–Trinajstić information content (AvgIpc) is 2.56. The van der Waals surface area contributed by atoms with Gasteiger partial charge in [0.2, 0.25) is 5.91 Å². The zero-order valence-electron chi connectivity index (χ0n) is 13.1. The van der Waals surface area contributed by atoms with Gasteiger partial charge in [0.15, 0.2) is 0 Å². The van der Waals surface area contributed by atoms with Crippen LogP contribution in [0.3, 0.4) is 0 Å². The van der Waals surface area contributed by atoms with Gasteiger partial charge in [0.05, 0.1) is 10.0 Å². The molecule has 2 amide bonds.